The van der Waals surface area contributed by atoms with Gasteiger partial charge in [-0.25, -0.2) is 0 Å². The molecule has 0 unspecified atom stereocenters. The summed E-state index contributed by atoms with van der Waals surface area (Å²) >= 11 is 0. The number of aliphatic hydroxyl groups is 3. The monoisotopic (exact) mass is 266 g/mol. The van der Waals surface area contributed by atoms with Crippen molar-refractivity contribution in [2.75, 3.05) is 6.61 Å². The van der Waals surface area contributed by atoms with Gasteiger partial charge in [0.15, 0.2) is 5.78 Å². The second-order valence-electron chi connectivity index (χ2n) is 7.06. The molecule has 3 N–H and O–H groups in total. The molecule has 3 aliphatic rings. The van der Waals surface area contributed by atoms with Crippen LogP contribution in [-0.2, 0) is 4.79 Å². The molecule has 3 rings (SSSR count). The van der Waals surface area contributed by atoms with Crippen LogP contribution in [0.5, 0.6) is 0 Å². The zero-order valence-corrected chi connectivity index (χ0v) is 11.6. The Hall–Kier alpha value is -0.710. The Bertz CT molecular complexity index is 471. The SMILES string of the molecule is C[C@@H]1CC(=O)C=C2[C@@H](O)[C@@H](O)[C@@H]3[C@@H]([C@@]3(C)CO)[C@]21C. The quantitative estimate of drug-likeness (QED) is 0.646. The topological polar surface area (TPSA) is 77.8 Å². The Morgan fingerprint density at radius 2 is 2.00 bits per heavy atom. The average Bonchev–Trinajstić information content (AvgIpc) is 2.99. The summed E-state index contributed by atoms with van der Waals surface area (Å²) in [5.74, 6) is 0.210. The summed E-state index contributed by atoms with van der Waals surface area (Å²) in [7, 11) is 0. The van der Waals surface area contributed by atoms with Crippen LogP contribution < -0.4 is 0 Å². The first-order valence-electron chi connectivity index (χ1n) is 7.00. The standard InChI is InChI=1S/C15H22O4/c1-7-4-8(17)5-9-11(18)12(19)10-13(15(7,9)3)14(10,2)6-16/h5,7,10-13,16,18-19H,4,6H2,1-3H3/t7-,10-,11-,12+,13+,14+,15+/m1/s1. The van der Waals surface area contributed by atoms with Gasteiger partial charge in [0, 0.05) is 18.4 Å². The fourth-order valence-electron chi connectivity index (χ4n) is 4.91. The molecular formula is C15H22O4. The first kappa shape index (κ1) is 13.3. The summed E-state index contributed by atoms with van der Waals surface area (Å²) in [6.07, 6.45) is 0.152. The van der Waals surface area contributed by atoms with Crippen molar-refractivity contribution in [2.45, 2.75) is 39.4 Å². The number of hydrogen-bond donors (Lipinski definition) is 3. The minimum Gasteiger partial charge on any atom is -0.396 e. The molecule has 0 radical (unpaired) electrons. The maximum absolute atomic E-state index is 11.8. The summed E-state index contributed by atoms with van der Waals surface area (Å²) in [6.45, 7) is 6.08. The number of allylic oxidation sites excluding steroid dienone is 1. The minimum absolute atomic E-state index is 0.00957. The van der Waals surface area contributed by atoms with Gasteiger partial charge in [-0.1, -0.05) is 20.8 Å². The first-order valence-corrected chi connectivity index (χ1v) is 7.00. The van der Waals surface area contributed by atoms with Crippen LogP contribution in [-0.4, -0.2) is 39.9 Å². The molecule has 19 heavy (non-hydrogen) atoms. The molecule has 4 nitrogen and oxygen atoms in total. The van der Waals surface area contributed by atoms with Crippen molar-refractivity contribution in [2.24, 2.45) is 28.6 Å². The third-order valence-corrected chi connectivity index (χ3v) is 6.19. The Morgan fingerprint density at radius 1 is 1.37 bits per heavy atom. The molecule has 0 aromatic carbocycles. The average molecular weight is 266 g/mol. The van der Waals surface area contributed by atoms with Crippen LogP contribution in [0, 0.1) is 28.6 Å². The molecule has 7 atom stereocenters. The third-order valence-electron chi connectivity index (χ3n) is 6.19. The number of hydrogen-bond acceptors (Lipinski definition) is 4. The van der Waals surface area contributed by atoms with Crippen molar-refractivity contribution in [1.29, 1.82) is 0 Å². The Kier molecular flexibility index (Phi) is 2.58. The molecule has 0 aliphatic heterocycles. The van der Waals surface area contributed by atoms with Gasteiger partial charge in [0.1, 0.15) is 6.10 Å². The lowest BCUT2D eigenvalue weighted by Gasteiger charge is -2.47. The number of rotatable bonds is 1. The molecule has 0 spiro atoms. The molecule has 2 saturated carbocycles. The normalized spacial score (nSPS) is 56.2. The molecule has 0 bridgehead atoms. The molecule has 2 fully saturated rings. The van der Waals surface area contributed by atoms with Gasteiger partial charge < -0.3 is 15.3 Å². The van der Waals surface area contributed by atoms with Gasteiger partial charge in [-0.05, 0) is 34.8 Å². The highest BCUT2D eigenvalue weighted by Gasteiger charge is 2.75. The van der Waals surface area contributed by atoms with Crippen LogP contribution in [0.4, 0.5) is 0 Å². The second-order valence-corrected chi connectivity index (χ2v) is 7.06. The molecule has 0 aromatic rings. The molecular weight excluding hydrogens is 244 g/mol. The highest BCUT2D eigenvalue weighted by atomic mass is 16.3. The summed E-state index contributed by atoms with van der Waals surface area (Å²) in [6, 6.07) is 0. The van der Waals surface area contributed by atoms with Gasteiger partial charge in [-0.15, -0.1) is 0 Å². The number of fused-ring (bicyclic) bond motifs is 3. The van der Waals surface area contributed by atoms with Gasteiger partial charge in [-0.3, -0.25) is 4.79 Å². The summed E-state index contributed by atoms with van der Waals surface area (Å²) < 4.78 is 0. The molecule has 0 heterocycles. The number of carbonyl (C=O) groups excluding carboxylic acids is 1. The smallest absolute Gasteiger partial charge is 0.156 e. The zero-order valence-electron chi connectivity index (χ0n) is 11.6. The molecule has 106 valence electrons. The lowest BCUT2D eigenvalue weighted by molar-refractivity contribution is -0.118. The van der Waals surface area contributed by atoms with Crippen LogP contribution >= 0.6 is 0 Å². The van der Waals surface area contributed by atoms with E-state index in [-0.39, 0.29) is 41.0 Å². The molecule has 0 saturated heterocycles. The van der Waals surface area contributed by atoms with Gasteiger partial charge in [-0.2, -0.15) is 0 Å². The zero-order chi connectivity index (χ0) is 14.2. The minimum atomic E-state index is -0.980. The lowest BCUT2D eigenvalue weighted by Crippen LogP contribution is -2.49. The van der Waals surface area contributed by atoms with Gasteiger partial charge >= 0.3 is 0 Å². The van der Waals surface area contributed by atoms with Gasteiger partial charge in [0.2, 0.25) is 0 Å². The van der Waals surface area contributed by atoms with E-state index in [9.17, 15) is 20.1 Å². The first-order chi connectivity index (χ1) is 8.78. The molecule has 3 aliphatic carbocycles. The van der Waals surface area contributed by atoms with E-state index in [0.29, 0.717) is 12.0 Å². The summed E-state index contributed by atoms with van der Waals surface area (Å²) in [4.78, 5) is 11.8. The highest BCUT2D eigenvalue weighted by molar-refractivity contribution is 5.92. The fraction of sp³-hybridized carbons (Fsp3) is 0.800. The Morgan fingerprint density at radius 3 is 2.58 bits per heavy atom. The van der Waals surface area contributed by atoms with Crippen molar-refractivity contribution in [3.05, 3.63) is 11.6 Å². The van der Waals surface area contributed by atoms with Crippen molar-refractivity contribution >= 4 is 5.78 Å². The van der Waals surface area contributed by atoms with Gasteiger partial charge in [0.25, 0.3) is 0 Å². The van der Waals surface area contributed by atoms with Gasteiger partial charge in [0.05, 0.1) is 6.10 Å². The number of aliphatic hydroxyl groups excluding tert-OH is 3. The van der Waals surface area contributed by atoms with Crippen LogP contribution in [0.3, 0.4) is 0 Å². The van der Waals surface area contributed by atoms with E-state index < -0.39 is 12.2 Å². The second kappa shape index (κ2) is 3.68. The van der Waals surface area contributed by atoms with Crippen LogP contribution in [0.2, 0.25) is 0 Å². The summed E-state index contributed by atoms with van der Waals surface area (Å²) in [5, 5.41) is 30.3. The van der Waals surface area contributed by atoms with Crippen LogP contribution in [0.25, 0.3) is 0 Å². The van der Waals surface area contributed by atoms with Crippen molar-refractivity contribution in [3.8, 4) is 0 Å². The third kappa shape index (κ3) is 1.37. The van der Waals surface area contributed by atoms with Crippen molar-refractivity contribution < 1.29 is 20.1 Å². The number of carbonyl (C=O) groups is 1. The largest absolute Gasteiger partial charge is 0.396 e. The molecule has 0 aromatic heterocycles. The Labute approximate surface area is 113 Å². The van der Waals surface area contributed by atoms with Crippen molar-refractivity contribution in [1.82, 2.24) is 0 Å². The van der Waals surface area contributed by atoms with E-state index in [0.717, 1.165) is 0 Å². The maximum atomic E-state index is 11.8. The van der Waals surface area contributed by atoms with E-state index in [1.54, 1.807) is 0 Å². The van der Waals surface area contributed by atoms with E-state index >= 15 is 0 Å². The predicted molar refractivity (Wildman–Crippen MR) is 69.2 cm³/mol. The summed E-state index contributed by atoms with van der Waals surface area (Å²) in [5.41, 5.74) is 0.0239. The predicted octanol–water partition coefficient (Wildman–Crippen LogP) is 0.508. The fourth-order valence-corrected chi connectivity index (χ4v) is 4.91. The van der Waals surface area contributed by atoms with Crippen LogP contribution in [0.15, 0.2) is 11.6 Å². The van der Waals surface area contributed by atoms with E-state index in [1.807, 2.05) is 13.8 Å². The Balaban J connectivity index is 2.13. The van der Waals surface area contributed by atoms with E-state index in [1.165, 1.54) is 6.08 Å². The molecule has 0 amide bonds. The van der Waals surface area contributed by atoms with Crippen LogP contribution in [0.1, 0.15) is 27.2 Å². The highest BCUT2D eigenvalue weighted by Crippen LogP contribution is 2.74. The number of ketones is 1. The molecule has 4 heteroatoms. The van der Waals surface area contributed by atoms with E-state index in [2.05, 4.69) is 6.92 Å². The van der Waals surface area contributed by atoms with Crippen molar-refractivity contribution in [3.63, 3.8) is 0 Å². The van der Waals surface area contributed by atoms with E-state index in [4.69, 9.17) is 0 Å². The lowest BCUT2D eigenvalue weighted by atomic mass is 9.58. The maximum Gasteiger partial charge on any atom is 0.156 e.